The first kappa shape index (κ1) is 20.8. The number of aliphatic hydroxyl groups excluding tert-OH is 1. The molecule has 3 aliphatic rings. The van der Waals surface area contributed by atoms with Crippen LogP contribution in [0.15, 0.2) is 48.5 Å². The third-order valence-corrected chi connectivity index (χ3v) is 7.20. The molecule has 0 aliphatic carbocycles. The maximum Gasteiger partial charge on any atom is 0.250 e. The van der Waals surface area contributed by atoms with Crippen LogP contribution in [0.3, 0.4) is 0 Å². The Morgan fingerprint density at radius 1 is 1.06 bits per heavy atom. The largest absolute Gasteiger partial charge is 0.392 e. The first-order chi connectivity index (χ1) is 15.4. The van der Waals surface area contributed by atoms with Gasteiger partial charge < -0.3 is 10.4 Å². The monoisotopic (exact) mass is 433 g/mol. The number of carbonyl (C=O) groups excluding carboxylic acids is 3. The molecule has 3 aliphatic heterocycles. The van der Waals surface area contributed by atoms with Gasteiger partial charge in [-0.2, -0.15) is 0 Å². The second-order valence-corrected chi connectivity index (χ2v) is 8.97. The van der Waals surface area contributed by atoms with Gasteiger partial charge in [0.2, 0.25) is 17.7 Å². The molecule has 166 valence electrons. The molecule has 0 radical (unpaired) electrons. The van der Waals surface area contributed by atoms with Gasteiger partial charge in [-0.15, -0.1) is 0 Å². The number of fused-ring (bicyclic) bond motifs is 4. The van der Waals surface area contributed by atoms with Crippen molar-refractivity contribution < 1.29 is 19.5 Å². The lowest BCUT2D eigenvalue weighted by molar-refractivity contribution is -0.143. The number of nitrogens with zero attached hydrogens (tertiary/aromatic N) is 1. The first-order valence-electron chi connectivity index (χ1n) is 11.2. The maximum atomic E-state index is 13.7. The van der Waals surface area contributed by atoms with E-state index in [2.05, 4.69) is 10.6 Å². The molecule has 0 bridgehead atoms. The van der Waals surface area contributed by atoms with Crippen molar-refractivity contribution in [2.24, 2.45) is 11.8 Å². The third kappa shape index (κ3) is 2.84. The summed E-state index contributed by atoms with van der Waals surface area (Å²) in [4.78, 5) is 41.8. The molecule has 32 heavy (non-hydrogen) atoms. The molecule has 2 aromatic rings. The minimum atomic E-state index is -1.36. The Bertz CT molecular complexity index is 1100. The van der Waals surface area contributed by atoms with Crippen LogP contribution in [0.4, 0.5) is 5.69 Å². The van der Waals surface area contributed by atoms with Gasteiger partial charge in [0.15, 0.2) is 0 Å². The van der Waals surface area contributed by atoms with Gasteiger partial charge in [-0.05, 0) is 37.0 Å². The number of nitrogens with one attached hydrogen (secondary N) is 2. The SMILES string of the molecule is CCc1ccc2c(c1)C1(NC(C(C)O)[C@H]3C(=O)N(CCc4ccccc4)C(=O)[C@H]31)C(=O)N2. The lowest BCUT2D eigenvalue weighted by atomic mass is 9.76. The summed E-state index contributed by atoms with van der Waals surface area (Å²) in [5, 5.41) is 16.6. The Morgan fingerprint density at radius 2 is 1.81 bits per heavy atom. The number of imide groups is 1. The summed E-state index contributed by atoms with van der Waals surface area (Å²) in [6.07, 6.45) is 0.417. The molecule has 0 saturated carbocycles. The van der Waals surface area contributed by atoms with Crippen molar-refractivity contribution in [2.75, 3.05) is 11.9 Å². The Morgan fingerprint density at radius 3 is 2.50 bits per heavy atom. The van der Waals surface area contributed by atoms with E-state index in [0.29, 0.717) is 17.7 Å². The van der Waals surface area contributed by atoms with E-state index < -0.39 is 29.5 Å². The van der Waals surface area contributed by atoms with E-state index in [1.165, 1.54) is 4.90 Å². The van der Waals surface area contributed by atoms with Crippen LogP contribution in [-0.4, -0.2) is 46.4 Å². The summed E-state index contributed by atoms with van der Waals surface area (Å²) in [5.41, 5.74) is 2.04. The van der Waals surface area contributed by atoms with Crippen molar-refractivity contribution in [1.82, 2.24) is 10.2 Å². The van der Waals surface area contributed by atoms with Crippen molar-refractivity contribution in [3.63, 3.8) is 0 Å². The topological polar surface area (TPSA) is 98.7 Å². The molecule has 7 heteroatoms. The summed E-state index contributed by atoms with van der Waals surface area (Å²) in [6, 6.07) is 14.7. The van der Waals surface area contributed by atoms with E-state index in [-0.39, 0.29) is 24.3 Å². The van der Waals surface area contributed by atoms with E-state index in [0.717, 1.165) is 17.5 Å². The predicted octanol–water partition coefficient (Wildman–Crippen LogP) is 1.59. The molecule has 3 unspecified atom stereocenters. The van der Waals surface area contributed by atoms with Crippen molar-refractivity contribution in [2.45, 2.75) is 44.4 Å². The second kappa shape index (κ2) is 7.53. The van der Waals surface area contributed by atoms with Gasteiger partial charge in [0, 0.05) is 23.8 Å². The number of aliphatic hydroxyl groups is 1. The fraction of sp³-hybridized carbons (Fsp3) is 0.400. The van der Waals surface area contributed by atoms with Crippen molar-refractivity contribution in [1.29, 1.82) is 0 Å². The average molecular weight is 434 g/mol. The highest BCUT2D eigenvalue weighted by atomic mass is 16.3. The fourth-order valence-corrected chi connectivity index (χ4v) is 5.58. The molecule has 3 amide bonds. The molecule has 5 rings (SSSR count). The summed E-state index contributed by atoms with van der Waals surface area (Å²) < 4.78 is 0. The van der Waals surface area contributed by atoms with Gasteiger partial charge in [-0.1, -0.05) is 49.4 Å². The van der Waals surface area contributed by atoms with Gasteiger partial charge >= 0.3 is 0 Å². The Kier molecular flexibility index (Phi) is 4.91. The summed E-state index contributed by atoms with van der Waals surface area (Å²) in [6.45, 7) is 3.87. The fourth-order valence-electron chi connectivity index (χ4n) is 5.58. The molecule has 2 saturated heterocycles. The number of amides is 3. The minimum Gasteiger partial charge on any atom is -0.392 e. The van der Waals surface area contributed by atoms with Gasteiger partial charge in [-0.3, -0.25) is 24.6 Å². The Balaban J connectivity index is 1.56. The van der Waals surface area contributed by atoms with Gasteiger partial charge in [0.25, 0.3) is 0 Å². The van der Waals surface area contributed by atoms with E-state index in [1.54, 1.807) is 6.92 Å². The zero-order chi connectivity index (χ0) is 22.6. The highest BCUT2D eigenvalue weighted by Crippen LogP contribution is 2.53. The number of hydrogen-bond donors (Lipinski definition) is 3. The third-order valence-electron chi connectivity index (χ3n) is 7.20. The number of anilines is 1. The van der Waals surface area contributed by atoms with Gasteiger partial charge in [0.1, 0.15) is 5.54 Å². The number of aryl methyl sites for hydroxylation is 1. The standard InChI is InChI=1S/C25H27N3O4/c1-3-15-9-10-18-17(13-15)25(24(32)26-18)20-19(21(27-25)14(2)29)22(30)28(23(20)31)12-11-16-7-5-4-6-8-16/h4-10,13-14,19-21,27,29H,3,11-12H2,1-2H3,(H,26,32)/t14?,19-,20-,21?,25?/m0/s1. The molecule has 2 aromatic carbocycles. The van der Waals surface area contributed by atoms with Crippen molar-refractivity contribution >= 4 is 23.4 Å². The number of benzene rings is 2. The number of likely N-dealkylation sites (tertiary alicyclic amines) is 1. The first-order valence-corrected chi connectivity index (χ1v) is 11.2. The Labute approximate surface area is 186 Å². The quantitative estimate of drug-likeness (QED) is 0.622. The maximum absolute atomic E-state index is 13.7. The summed E-state index contributed by atoms with van der Waals surface area (Å²) >= 11 is 0. The van der Waals surface area contributed by atoms with E-state index >= 15 is 0 Å². The Hall–Kier alpha value is -3.03. The van der Waals surface area contributed by atoms with E-state index in [4.69, 9.17) is 0 Å². The smallest absolute Gasteiger partial charge is 0.250 e. The molecule has 7 nitrogen and oxygen atoms in total. The lowest BCUT2D eigenvalue weighted by Gasteiger charge is -2.30. The van der Waals surface area contributed by atoms with Crippen LogP contribution in [0, 0.1) is 11.8 Å². The zero-order valence-electron chi connectivity index (χ0n) is 18.2. The average Bonchev–Trinajstić information content (AvgIpc) is 3.38. The van der Waals surface area contributed by atoms with Crippen molar-refractivity contribution in [3.8, 4) is 0 Å². The molecule has 5 atom stereocenters. The van der Waals surface area contributed by atoms with Crippen molar-refractivity contribution in [3.05, 3.63) is 65.2 Å². The zero-order valence-corrected chi connectivity index (χ0v) is 18.2. The van der Waals surface area contributed by atoms with Crippen LogP contribution in [0.2, 0.25) is 0 Å². The molecule has 2 fully saturated rings. The summed E-state index contributed by atoms with van der Waals surface area (Å²) in [5.74, 6) is -2.69. The predicted molar refractivity (Wildman–Crippen MR) is 119 cm³/mol. The van der Waals surface area contributed by atoms with Gasteiger partial charge in [-0.25, -0.2) is 0 Å². The molecule has 1 spiro atoms. The highest BCUT2D eigenvalue weighted by molar-refractivity contribution is 6.15. The molecular formula is C25H27N3O4. The number of hydrogen-bond acceptors (Lipinski definition) is 5. The highest BCUT2D eigenvalue weighted by Gasteiger charge is 2.71. The lowest BCUT2D eigenvalue weighted by Crippen LogP contribution is -2.55. The van der Waals surface area contributed by atoms with Crippen LogP contribution in [0.1, 0.15) is 30.5 Å². The second-order valence-electron chi connectivity index (χ2n) is 8.97. The molecule has 3 N–H and O–H groups in total. The number of rotatable bonds is 5. The summed E-state index contributed by atoms with van der Waals surface area (Å²) in [7, 11) is 0. The van der Waals surface area contributed by atoms with Gasteiger partial charge in [0.05, 0.1) is 17.9 Å². The van der Waals surface area contributed by atoms with Crippen LogP contribution in [-0.2, 0) is 32.8 Å². The van der Waals surface area contributed by atoms with Crippen LogP contribution < -0.4 is 10.6 Å². The minimum absolute atomic E-state index is 0.251. The molecular weight excluding hydrogens is 406 g/mol. The molecule has 3 heterocycles. The van der Waals surface area contributed by atoms with E-state index in [9.17, 15) is 19.5 Å². The normalized spacial score (nSPS) is 29.4. The van der Waals surface area contributed by atoms with Crippen LogP contribution in [0.25, 0.3) is 0 Å². The van der Waals surface area contributed by atoms with E-state index in [1.807, 2.05) is 55.5 Å². The van der Waals surface area contributed by atoms with Crippen LogP contribution >= 0.6 is 0 Å². The molecule has 0 aromatic heterocycles. The number of carbonyl (C=O) groups is 3. The van der Waals surface area contributed by atoms with Crippen LogP contribution in [0.5, 0.6) is 0 Å².